The number of amides is 2. The van der Waals surface area contributed by atoms with Crippen LogP contribution in [0.2, 0.25) is 0 Å². The Morgan fingerprint density at radius 1 is 1.29 bits per heavy atom. The molecule has 5 heteroatoms. The van der Waals surface area contributed by atoms with Gasteiger partial charge in [0.25, 0.3) is 0 Å². The predicted molar refractivity (Wildman–Crippen MR) is 66.3 cm³/mol. The van der Waals surface area contributed by atoms with Gasteiger partial charge in [-0.15, -0.1) is 0 Å². The normalized spacial score (nSPS) is 16.1. The van der Waals surface area contributed by atoms with Gasteiger partial charge in [0, 0.05) is 18.5 Å². The standard InChI is InChI=1S/C12H23N3O2/c1-12(2,5-6-13)11(17)14-9-10(16)15-7-3-4-8-15/h3-9,13H2,1-2H3,(H,14,17). The maximum Gasteiger partial charge on any atom is 0.241 e. The number of hydrogen-bond donors (Lipinski definition) is 2. The van der Waals surface area contributed by atoms with E-state index in [1.807, 2.05) is 13.8 Å². The summed E-state index contributed by atoms with van der Waals surface area (Å²) in [5.74, 6) is -0.0881. The largest absolute Gasteiger partial charge is 0.347 e. The highest BCUT2D eigenvalue weighted by Crippen LogP contribution is 2.19. The van der Waals surface area contributed by atoms with Crippen molar-refractivity contribution in [2.45, 2.75) is 33.1 Å². The molecule has 5 nitrogen and oxygen atoms in total. The van der Waals surface area contributed by atoms with Crippen molar-refractivity contribution in [2.24, 2.45) is 11.1 Å². The van der Waals surface area contributed by atoms with Crippen LogP contribution in [0.25, 0.3) is 0 Å². The molecule has 1 saturated heterocycles. The van der Waals surface area contributed by atoms with E-state index in [1.54, 1.807) is 4.90 Å². The van der Waals surface area contributed by atoms with Crippen LogP contribution in [0.15, 0.2) is 0 Å². The molecule has 0 spiro atoms. The van der Waals surface area contributed by atoms with Crippen molar-refractivity contribution in [3.05, 3.63) is 0 Å². The van der Waals surface area contributed by atoms with Gasteiger partial charge < -0.3 is 16.0 Å². The lowest BCUT2D eigenvalue weighted by atomic mass is 9.88. The lowest BCUT2D eigenvalue weighted by Gasteiger charge is -2.23. The van der Waals surface area contributed by atoms with Crippen LogP contribution in [0, 0.1) is 5.41 Å². The minimum Gasteiger partial charge on any atom is -0.347 e. The van der Waals surface area contributed by atoms with Crippen LogP contribution in [0.4, 0.5) is 0 Å². The molecule has 0 saturated carbocycles. The molecule has 2 amide bonds. The summed E-state index contributed by atoms with van der Waals surface area (Å²) in [5.41, 5.74) is 4.95. The number of carbonyl (C=O) groups is 2. The molecule has 0 unspecified atom stereocenters. The van der Waals surface area contributed by atoms with E-state index >= 15 is 0 Å². The fourth-order valence-corrected chi connectivity index (χ4v) is 1.95. The van der Waals surface area contributed by atoms with E-state index in [0.29, 0.717) is 13.0 Å². The molecule has 0 atom stereocenters. The molecular weight excluding hydrogens is 218 g/mol. The number of nitrogens with one attached hydrogen (secondary N) is 1. The van der Waals surface area contributed by atoms with E-state index in [0.717, 1.165) is 25.9 Å². The van der Waals surface area contributed by atoms with Gasteiger partial charge in [-0.2, -0.15) is 0 Å². The summed E-state index contributed by atoms with van der Waals surface area (Å²) in [6, 6.07) is 0. The van der Waals surface area contributed by atoms with Crippen LogP contribution in [-0.4, -0.2) is 42.9 Å². The first-order chi connectivity index (χ1) is 7.97. The molecule has 1 heterocycles. The fraction of sp³-hybridized carbons (Fsp3) is 0.833. The van der Waals surface area contributed by atoms with Crippen LogP contribution < -0.4 is 11.1 Å². The smallest absolute Gasteiger partial charge is 0.241 e. The predicted octanol–water partition coefficient (Wildman–Crippen LogP) is 0.100. The second-order valence-electron chi connectivity index (χ2n) is 5.19. The molecule has 0 aliphatic carbocycles. The molecule has 1 rings (SSSR count). The van der Waals surface area contributed by atoms with Crippen molar-refractivity contribution in [2.75, 3.05) is 26.2 Å². The highest BCUT2D eigenvalue weighted by atomic mass is 16.2. The topological polar surface area (TPSA) is 75.4 Å². The van der Waals surface area contributed by atoms with Crippen LogP contribution in [0.1, 0.15) is 33.1 Å². The van der Waals surface area contributed by atoms with Gasteiger partial charge in [-0.1, -0.05) is 13.8 Å². The molecule has 98 valence electrons. The fourth-order valence-electron chi connectivity index (χ4n) is 1.95. The SMILES string of the molecule is CC(C)(CCN)C(=O)NCC(=O)N1CCCC1. The van der Waals surface area contributed by atoms with E-state index in [-0.39, 0.29) is 18.4 Å². The first-order valence-electron chi connectivity index (χ1n) is 6.23. The van der Waals surface area contributed by atoms with Gasteiger partial charge in [0.1, 0.15) is 0 Å². The summed E-state index contributed by atoms with van der Waals surface area (Å²) in [4.78, 5) is 25.4. The van der Waals surface area contributed by atoms with Gasteiger partial charge in [-0.05, 0) is 25.8 Å². The van der Waals surface area contributed by atoms with Gasteiger partial charge in [0.05, 0.1) is 6.54 Å². The maximum absolute atomic E-state index is 11.8. The highest BCUT2D eigenvalue weighted by Gasteiger charge is 2.27. The monoisotopic (exact) mass is 241 g/mol. The van der Waals surface area contributed by atoms with Crippen molar-refractivity contribution in [3.8, 4) is 0 Å². The number of nitrogens with zero attached hydrogens (tertiary/aromatic N) is 1. The third kappa shape index (κ3) is 4.00. The Morgan fingerprint density at radius 2 is 1.88 bits per heavy atom. The van der Waals surface area contributed by atoms with Gasteiger partial charge >= 0.3 is 0 Å². The highest BCUT2D eigenvalue weighted by molar-refractivity contribution is 5.87. The Labute approximate surface area is 103 Å². The third-order valence-electron chi connectivity index (χ3n) is 3.24. The molecule has 0 aromatic rings. The zero-order valence-corrected chi connectivity index (χ0v) is 10.8. The third-order valence-corrected chi connectivity index (χ3v) is 3.24. The number of rotatable bonds is 5. The van der Waals surface area contributed by atoms with E-state index < -0.39 is 5.41 Å². The molecule has 0 bridgehead atoms. The van der Waals surface area contributed by atoms with E-state index in [1.165, 1.54) is 0 Å². The number of hydrogen-bond acceptors (Lipinski definition) is 3. The molecule has 17 heavy (non-hydrogen) atoms. The average molecular weight is 241 g/mol. The second kappa shape index (κ2) is 6.00. The Kier molecular flexibility index (Phi) is 4.93. The Balaban J connectivity index is 2.34. The van der Waals surface area contributed by atoms with Crippen LogP contribution >= 0.6 is 0 Å². The minimum atomic E-state index is -0.500. The average Bonchev–Trinajstić information content (AvgIpc) is 2.78. The summed E-state index contributed by atoms with van der Waals surface area (Å²) < 4.78 is 0. The van der Waals surface area contributed by atoms with E-state index in [9.17, 15) is 9.59 Å². The molecule has 1 aliphatic rings. The van der Waals surface area contributed by atoms with Crippen LogP contribution in [0.3, 0.4) is 0 Å². The summed E-state index contributed by atoms with van der Waals surface area (Å²) in [5, 5.41) is 2.70. The second-order valence-corrected chi connectivity index (χ2v) is 5.19. The molecular formula is C12H23N3O2. The molecule has 0 aromatic carbocycles. The number of carbonyl (C=O) groups excluding carboxylic acids is 2. The summed E-state index contributed by atoms with van der Waals surface area (Å²) >= 11 is 0. The number of nitrogens with two attached hydrogens (primary N) is 1. The van der Waals surface area contributed by atoms with Crippen molar-refractivity contribution >= 4 is 11.8 Å². The maximum atomic E-state index is 11.8. The zero-order valence-electron chi connectivity index (χ0n) is 10.8. The van der Waals surface area contributed by atoms with E-state index in [4.69, 9.17) is 5.73 Å². The number of likely N-dealkylation sites (tertiary alicyclic amines) is 1. The first kappa shape index (κ1) is 14.0. The Hall–Kier alpha value is -1.10. The molecule has 1 fully saturated rings. The van der Waals surface area contributed by atoms with Gasteiger partial charge in [-0.25, -0.2) is 0 Å². The molecule has 0 radical (unpaired) electrons. The summed E-state index contributed by atoms with van der Waals surface area (Å²) in [6.45, 7) is 5.90. The summed E-state index contributed by atoms with van der Waals surface area (Å²) in [6.07, 6.45) is 2.76. The molecule has 3 N–H and O–H groups in total. The Bertz CT molecular complexity index is 283. The van der Waals surface area contributed by atoms with Crippen molar-refractivity contribution in [1.82, 2.24) is 10.2 Å². The van der Waals surface area contributed by atoms with Gasteiger partial charge in [0.2, 0.25) is 11.8 Å². The Morgan fingerprint density at radius 3 is 2.41 bits per heavy atom. The van der Waals surface area contributed by atoms with Gasteiger partial charge in [0.15, 0.2) is 0 Å². The van der Waals surface area contributed by atoms with Crippen molar-refractivity contribution in [1.29, 1.82) is 0 Å². The summed E-state index contributed by atoms with van der Waals surface area (Å²) in [7, 11) is 0. The minimum absolute atomic E-state index is 0.0133. The van der Waals surface area contributed by atoms with E-state index in [2.05, 4.69) is 5.32 Å². The van der Waals surface area contributed by atoms with Crippen LogP contribution in [-0.2, 0) is 9.59 Å². The van der Waals surface area contributed by atoms with Crippen LogP contribution in [0.5, 0.6) is 0 Å². The van der Waals surface area contributed by atoms with Gasteiger partial charge in [-0.3, -0.25) is 9.59 Å². The first-order valence-corrected chi connectivity index (χ1v) is 6.23. The van der Waals surface area contributed by atoms with Crippen molar-refractivity contribution < 1.29 is 9.59 Å². The quantitative estimate of drug-likeness (QED) is 0.717. The molecule has 1 aliphatic heterocycles. The zero-order chi connectivity index (χ0) is 12.9. The lowest BCUT2D eigenvalue weighted by Crippen LogP contribution is -2.44. The lowest BCUT2D eigenvalue weighted by molar-refractivity contribution is -0.135. The molecule has 0 aromatic heterocycles. The van der Waals surface area contributed by atoms with Crippen molar-refractivity contribution in [3.63, 3.8) is 0 Å².